The van der Waals surface area contributed by atoms with Crippen LogP contribution in [0.3, 0.4) is 0 Å². The lowest BCUT2D eigenvalue weighted by atomic mass is 10.1. The van der Waals surface area contributed by atoms with Gasteiger partial charge in [-0.25, -0.2) is 4.68 Å². The van der Waals surface area contributed by atoms with Crippen LogP contribution >= 0.6 is 23.4 Å². The summed E-state index contributed by atoms with van der Waals surface area (Å²) in [5.74, 6) is -0.0492. The molecule has 0 aliphatic carbocycles. The number of tetrazole rings is 1. The van der Waals surface area contributed by atoms with E-state index in [1.165, 1.54) is 18.7 Å². The van der Waals surface area contributed by atoms with Gasteiger partial charge >= 0.3 is 0 Å². The fourth-order valence-electron chi connectivity index (χ4n) is 1.26. The summed E-state index contributed by atoms with van der Waals surface area (Å²) in [5.41, 5.74) is 0.520. The van der Waals surface area contributed by atoms with Crippen molar-refractivity contribution in [3.8, 4) is 0 Å². The van der Waals surface area contributed by atoms with Crippen LogP contribution in [0.25, 0.3) is 0 Å². The summed E-state index contributed by atoms with van der Waals surface area (Å²) in [6.07, 6.45) is 0. The SMILES string of the molecule is CC(=O)c1ccc(Sc2nnnn2C)cc1Cl. The van der Waals surface area contributed by atoms with E-state index < -0.39 is 0 Å². The number of carbonyl (C=O) groups is 1. The minimum atomic E-state index is -0.0492. The molecule has 0 aliphatic rings. The lowest BCUT2D eigenvalue weighted by Gasteiger charge is -2.03. The third kappa shape index (κ3) is 2.65. The maximum absolute atomic E-state index is 11.2. The molecule has 2 rings (SSSR count). The van der Waals surface area contributed by atoms with Gasteiger partial charge in [0.05, 0.1) is 5.02 Å². The van der Waals surface area contributed by atoms with Gasteiger partial charge in [0.2, 0.25) is 5.16 Å². The molecule has 1 aromatic carbocycles. The molecule has 0 fully saturated rings. The molecule has 1 aromatic heterocycles. The third-order valence-corrected chi connectivity index (χ3v) is 3.44. The molecule has 0 amide bonds. The number of hydrogen-bond donors (Lipinski definition) is 0. The number of ketones is 1. The number of rotatable bonds is 3. The summed E-state index contributed by atoms with van der Waals surface area (Å²) in [5, 5.41) is 12.2. The van der Waals surface area contributed by atoms with E-state index in [0.29, 0.717) is 15.7 Å². The highest BCUT2D eigenvalue weighted by Crippen LogP contribution is 2.29. The van der Waals surface area contributed by atoms with Gasteiger partial charge in [-0.15, -0.1) is 5.10 Å². The molecule has 0 aliphatic heterocycles. The van der Waals surface area contributed by atoms with E-state index in [4.69, 9.17) is 11.6 Å². The Labute approximate surface area is 107 Å². The smallest absolute Gasteiger partial charge is 0.213 e. The summed E-state index contributed by atoms with van der Waals surface area (Å²) < 4.78 is 1.57. The first-order valence-corrected chi connectivity index (χ1v) is 5.98. The van der Waals surface area contributed by atoms with E-state index in [2.05, 4.69) is 15.5 Å². The molecule has 17 heavy (non-hydrogen) atoms. The van der Waals surface area contributed by atoms with Gasteiger partial charge in [-0.3, -0.25) is 4.79 Å². The van der Waals surface area contributed by atoms with E-state index in [1.54, 1.807) is 23.9 Å². The Morgan fingerprint density at radius 2 is 2.24 bits per heavy atom. The van der Waals surface area contributed by atoms with Crippen molar-refractivity contribution in [2.45, 2.75) is 17.0 Å². The molecule has 1 heterocycles. The number of aryl methyl sites for hydroxylation is 1. The lowest BCUT2D eigenvalue weighted by Crippen LogP contribution is -1.94. The summed E-state index contributed by atoms with van der Waals surface area (Å²) in [4.78, 5) is 12.1. The van der Waals surface area contributed by atoms with E-state index in [9.17, 15) is 4.79 Å². The standard InChI is InChI=1S/C10H9ClN4OS/c1-6(16)8-4-3-7(5-9(8)11)17-10-12-13-14-15(10)2/h3-5H,1-2H3. The monoisotopic (exact) mass is 268 g/mol. The fourth-order valence-corrected chi connectivity index (χ4v) is 2.41. The van der Waals surface area contributed by atoms with Crippen molar-refractivity contribution in [3.63, 3.8) is 0 Å². The average molecular weight is 269 g/mol. The van der Waals surface area contributed by atoms with E-state index in [-0.39, 0.29) is 5.78 Å². The van der Waals surface area contributed by atoms with Crippen LogP contribution in [0.1, 0.15) is 17.3 Å². The molecule has 0 saturated carbocycles. The molecule has 0 unspecified atom stereocenters. The number of benzene rings is 1. The maximum Gasteiger partial charge on any atom is 0.213 e. The largest absolute Gasteiger partial charge is 0.294 e. The fraction of sp³-hybridized carbons (Fsp3) is 0.200. The molecule has 2 aromatic rings. The van der Waals surface area contributed by atoms with Crippen LogP contribution in [0.2, 0.25) is 5.02 Å². The average Bonchev–Trinajstić information content (AvgIpc) is 2.64. The highest BCUT2D eigenvalue weighted by Gasteiger charge is 2.09. The maximum atomic E-state index is 11.2. The van der Waals surface area contributed by atoms with Gasteiger partial charge in [0.25, 0.3) is 0 Å². The van der Waals surface area contributed by atoms with Gasteiger partial charge in [-0.2, -0.15) is 0 Å². The Morgan fingerprint density at radius 3 is 2.76 bits per heavy atom. The van der Waals surface area contributed by atoms with Gasteiger partial charge in [0.1, 0.15) is 0 Å². The normalized spacial score (nSPS) is 10.5. The number of carbonyl (C=O) groups excluding carboxylic acids is 1. The molecule has 0 radical (unpaired) electrons. The molecule has 0 N–H and O–H groups in total. The van der Waals surface area contributed by atoms with Crippen LogP contribution in [0.4, 0.5) is 0 Å². The Kier molecular flexibility index (Phi) is 3.44. The van der Waals surface area contributed by atoms with Gasteiger partial charge in [-0.1, -0.05) is 11.6 Å². The van der Waals surface area contributed by atoms with Crippen LogP contribution in [-0.4, -0.2) is 26.0 Å². The molecule has 0 bridgehead atoms. The second-order valence-corrected chi connectivity index (χ2v) is 4.83. The zero-order valence-corrected chi connectivity index (χ0v) is 10.8. The van der Waals surface area contributed by atoms with Gasteiger partial charge in [0, 0.05) is 17.5 Å². The van der Waals surface area contributed by atoms with Crippen molar-refractivity contribution in [3.05, 3.63) is 28.8 Å². The van der Waals surface area contributed by atoms with E-state index >= 15 is 0 Å². The molecule has 5 nitrogen and oxygen atoms in total. The Morgan fingerprint density at radius 1 is 1.47 bits per heavy atom. The first kappa shape index (κ1) is 12.1. The molecule has 0 atom stereocenters. The van der Waals surface area contributed by atoms with Gasteiger partial charge in [-0.05, 0) is 47.3 Å². The first-order valence-electron chi connectivity index (χ1n) is 4.78. The van der Waals surface area contributed by atoms with Crippen LogP contribution in [-0.2, 0) is 7.05 Å². The molecular weight excluding hydrogens is 260 g/mol. The van der Waals surface area contributed by atoms with Crippen molar-refractivity contribution < 1.29 is 4.79 Å². The second kappa shape index (κ2) is 4.85. The minimum absolute atomic E-state index is 0.0492. The molecular formula is C10H9ClN4OS. The first-order chi connectivity index (χ1) is 8.08. The van der Waals surface area contributed by atoms with Crippen molar-refractivity contribution in [1.29, 1.82) is 0 Å². The van der Waals surface area contributed by atoms with Crippen molar-refractivity contribution in [1.82, 2.24) is 20.2 Å². The molecule has 7 heteroatoms. The molecule has 88 valence electrons. The second-order valence-electron chi connectivity index (χ2n) is 3.38. The highest BCUT2D eigenvalue weighted by molar-refractivity contribution is 7.99. The summed E-state index contributed by atoms with van der Waals surface area (Å²) in [6.45, 7) is 1.49. The number of aromatic nitrogens is 4. The molecule has 0 saturated heterocycles. The van der Waals surface area contributed by atoms with Gasteiger partial charge in [0.15, 0.2) is 5.78 Å². The zero-order chi connectivity index (χ0) is 12.4. The summed E-state index contributed by atoms with van der Waals surface area (Å²) in [7, 11) is 1.76. The Hall–Kier alpha value is -1.40. The van der Waals surface area contributed by atoms with E-state index in [1.807, 2.05) is 6.07 Å². The van der Waals surface area contributed by atoms with Crippen molar-refractivity contribution in [2.75, 3.05) is 0 Å². The number of halogens is 1. The third-order valence-electron chi connectivity index (χ3n) is 2.11. The lowest BCUT2D eigenvalue weighted by molar-refractivity contribution is 0.101. The van der Waals surface area contributed by atoms with Crippen LogP contribution < -0.4 is 0 Å². The minimum Gasteiger partial charge on any atom is -0.294 e. The van der Waals surface area contributed by atoms with Crippen LogP contribution in [0, 0.1) is 0 Å². The summed E-state index contributed by atoms with van der Waals surface area (Å²) in [6, 6.07) is 5.26. The predicted molar refractivity (Wildman–Crippen MR) is 64.4 cm³/mol. The highest BCUT2D eigenvalue weighted by atomic mass is 35.5. The molecule has 0 spiro atoms. The predicted octanol–water partition coefficient (Wildman–Crippen LogP) is 2.22. The van der Waals surface area contributed by atoms with Crippen molar-refractivity contribution in [2.24, 2.45) is 7.05 Å². The Balaban J connectivity index is 2.27. The van der Waals surface area contributed by atoms with E-state index in [0.717, 1.165) is 4.90 Å². The number of hydrogen-bond acceptors (Lipinski definition) is 5. The topological polar surface area (TPSA) is 60.7 Å². The number of Topliss-reactive ketones (excluding diaryl/α,β-unsaturated/α-hetero) is 1. The van der Waals surface area contributed by atoms with Crippen molar-refractivity contribution >= 4 is 29.1 Å². The van der Waals surface area contributed by atoms with Crippen LogP contribution in [0.15, 0.2) is 28.3 Å². The number of nitrogens with zero attached hydrogens (tertiary/aromatic N) is 4. The Bertz CT molecular complexity index is 569. The zero-order valence-electron chi connectivity index (χ0n) is 9.22. The van der Waals surface area contributed by atoms with Gasteiger partial charge < -0.3 is 0 Å². The quantitative estimate of drug-likeness (QED) is 0.799. The summed E-state index contributed by atoms with van der Waals surface area (Å²) >= 11 is 7.40. The van der Waals surface area contributed by atoms with Crippen LogP contribution in [0.5, 0.6) is 0 Å².